The Morgan fingerprint density at radius 3 is 3.00 bits per heavy atom. The number of hydrogen-bond donors (Lipinski definition) is 2. The minimum atomic E-state index is 0.570. The van der Waals surface area contributed by atoms with E-state index in [0.717, 1.165) is 18.5 Å². The Bertz CT molecular complexity index is 563. The second kappa shape index (κ2) is 6.04. The van der Waals surface area contributed by atoms with E-state index >= 15 is 0 Å². The summed E-state index contributed by atoms with van der Waals surface area (Å²) in [6, 6.07) is 0. The predicted octanol–water partition coefficient (Wildman–Crippen LogP) is 1.26. The van der Waals surface area contributed by atoms with Gasteiger partial charge in [-0.1, -0.05) is 0 Å². The quantitative estimate of drug-likeness (QED) is 0.827. The van der Waals surface area contributed by atoms with E-state index in [4.69, 9.17) is 4.74 Å². The highest BCUT2D eigenvalue weighted by Gasteiger charge is 2.13. The second-order valence-corrected chi connectivity index (χ2v) is 4.91. The fraction of sp³-hybridized carbons (Fsp3) is 0.615. The molecule has 0 atom stereocenters. The molecular weight excluding hydrogens is 256 g/mol. The SMILES string of the molecule is CCNc1nc(OCCN2CCCC2)c2cn[nH]c2n1. The molecule has 2 aromatic heterocycles. The molecular formula is C13H20N6O. The Labute approximate surface area is 117 Å². The molecule has 2 N–H and O–H groups in total. The lowest BCUT2D eigenvalue weighted by molar-refractivity contribution is 0.234. The molecule has 3 heterocycles. The largest absolute Gasteiger partial charge is 0.476 e. The lowest BCUT2D eigenvalue weighted by Crippen LogP contribution is -2.25. The summed E-state index contributed by atoms with van der Waals surface area (Å²) in [4.78, 5) is 11.2. The van der Waals surface area contributed by atoms with Crippen molar-refractivity contribution in [3.8, 4) is 5.88 Å². The standard InChI is InChI=1S/C13H20N6O/c1-2-14-13-16-11-10(9-15-18-11)12(17-13)20-8-7-19-5-3-4-6-19/h9H,2-8H2,1H3,(H2,14,15,16,17,18). The first-order chi connectivity index (χ1) is 9.86. The van der Waals surface area contributed by atoms with Crippen molar-refractivity contribution in [1.82, 2.24) is 25.1 Å². The Hall–Kier alpha value is -1.89. The molecule has 0 unspecified atom stereocenters. The summed E-state index contributed by atoms with van der Waals surface area (Å²) in [5.74, 6) is 1.17. The number of aromatic nitrogens is 4. The fourth-order valence-corrected chi connectivity index (χ4v) is 2.43. The van der Waals surface area contributed by atoms with Crippen molar-refractivity contribution in [3.05, 3.63) is 6.20 Å². The molecule has 0 radical (unpaired) electrons. The van der Waals surface area contributed by atoms with E-state index in [-0.39, 0.29) is 0 Å². The number of hydrogen-bond acceptors (Lipinski definition) is 6. The average molecular weight is 276 g/mol. The number of ether oxygens (including phenoxy) is 1. The first-order valence-electron chi connectivity index (χ1n) is 7.17. The number of nitrogens with one attached hydrogen (secondary N) is 2. The van der Waals surface area contributed by atoms with E-state index in [0.29, 0.717) is 24.1 Å². The molecule has 1 aliphatic heterocycles. The normalized spacial score (nSPS) is 15.8. The summed E-state index contributed by atoms with van der Waals surface area (Å²) in [6.07, 6.45) is 4.30. The zero-order chi connectivity index (χ0) is 13.8. The lowest BCUT2D eigenvalue weighted by Gasteiger charge is -2.15. The summed E-state index contributed by atoms with van der Waals surface area (Å²) in [5, 5.41) is 10.8. The molecule has 0 amide bonds. The van der Waals surface area contributed by atoms with Gasteiger partial charge in [0.15, 0.2) is 5.65 Å². The van der Waals surface area contributed by atoms with Gasteiger partial charge in [-0.15, -0.1) is 0 Å². The van der Waals surface area contributed by atoms with Crippen LogP contribution in [0.5, 0.6) is 5.88 Å². The molecule has 1 fully saturated rings. The van der Waals surface area contributed by atoms with Crippen molar-refractivity contribution >= 4 is 17.0 Å². The maximum absolute atomic E-state index is 5.83. The first kappa shape index (κ1) is 13.1. The van der Waals surface area contributed by atoms with E-state index in [9.17, 15) is 0 Å². The molecule has 0 aliphatic carbocycles. The van der Waals surface area contributed by atoms with Crippen molar-refractivity contribution in [3.63, 3.8) is 0 Å². The summed E-state index contributed by atoms with van der Waals surface area (Å²) in [7, 11) is 0. The van der Waals surface area contributed by atoms with Crippen LogP contribution in [0.3, 0.4) is 0 Å². The van der Waals surface area contributed by atoms with Gasteiger partial charge in [-0.25, -0.2) is 0 Å². The van der Waals surface area contributed by atoms with Crippen LogP contribution in [0.15, 0.2) is 6.20 Å². The van der Waals surface area contributed by atoms with Gasteiger partial charge in [-0.05, 0) is 32.9 Å². The smallest absolute Gasteiger partial charge is 0.229 e. The highest BCUT2D eigenvalue weighted by Crippen LogP contribution is 2.22. The van der Waals surface area contributed by atoms with E-state index in [1.54, 1.807) is 6.20 Å². The van der Waals surface area contributed by atoms with Gasteiger partial charge < -0.3 is 10.1 Å². The molecule has 2 aromatic rings. The third-order valence-corrected chi connectivity index (χ3v) is 3.45. The third-order valence-electron chi connectivity index (χ3n) is 3.45. The maximum atomic E-state index is 5.83. The van der Waals surface area contributed by atoms with Gasteiger partial charge in [-0.3, -0.25) is 10.00 Å². The lowest BCUT2D eigenvalue weighted by atomic mass is 10.4. The molecule has 108 valence electrons. The summed E-state index contributed by atoms with van der Waals surface area (Å²) < 4.78 is 5.83. The van der Waals surface area contributed by atoms with E-state index in [1.165, 1.54) is 25.9 Å². The number of likely N-dealkylation sites (tertiary alicyclic amines) is 1. The van der Waals surface area contributed by atoms with Crippen LogP contribution in [0.4, 0.5) is 5.95 Å². The van der Waals surface area contributed by atoms with E-state index in [2.05, 4.69) is 30.4 Å². The van der Waals surface area contributed by atoms with Crippen LogP contribution in [0.25, 0.3) is 11.0 Å². The Morgan fingerprint density at radius 1 is 1.35 bits per heavy atom. The van der Waals surface area contributed by atoms with Crippen LogP contribution in [0.2, 0.25) is 0 Å². The topological polar surface area (TPSA) is 79.0 Å². The van der Waals surface area contributed by atoms with Crippen molar-refractivity contribution in [1.29, 1.82) is 0 Å². The second-order valence-electron chi connectivity index (χ2n) is 4.91. The highest BCUT2D eigenvalue weighted by atomic mass is 16.5. The van der Waals surface area contributed by atoms with E-state index < -0.39 is 0 Å². The Kier molecular flexibility index (Phi) is 3.96. The van der Waals surface area contributed by atoms with Gasteiger partial charge in [0, 0.05) is 13.1 Å². The molecule has 7 heteroatoms. The van der Waals surface area contributed by atoms with Crippen LogP contribution in [-0.2, 0) is 0 Å². The zero-order valence-electron chi connectivity index (χ0n) is 11.7. The van der Waals surface area contributed by atoms with Crippen LogP contribution in [0, 0.1) is 0 Å². The minimum absolute atomic E-state index is 0.570. The molecule has 0 saturated carbocycles. The van der Waals surface area contributed by atoms with Crippen molar-refractivity contribution in [2.75, 3.05) is 38.1 Å². The van der Waals surface area contributed by atoms with E-state index in [1.807, 2.05) is 6.92 Å². The van der Waals surface area contributed by atoms with Crippen LogP contribution < -0.4 is 10.1 Å². The monoisotopic (exact) mass is 276 g/mol. The number of rotatable bonds is 6. The summed E-state index contributed by atoms with van der Waals surface area (Å²) >= 11 is 0. The van der Waals surface area contributed by atoms with Crippen molar-refractivity contribution < 1.29 is 4.74 Å². The van der Waals surface area contributed by atoms with Gasteiger partial charge in [0.05, 0.1) is 6.20 Å². The number of aromatic amines is 1. The summed E-state index contributed by atoms with van der Waals surface area (Å²) in [6.45, 7) is 6.72. The molecule has 20 heavy (non-hydrogen) atoms. The summed E-state index contributed by atoms with van der Waals surface area (Å²) in [5.41, 5.74) is 0.701. The van der Waals surface area contributed by atoms with Crippen molar-refractivity contribution in [2.24, 2.45) is 0 Å². The van der Waals surface area contributed by atoms with Gasteiger partial charge in [-0.2, -0.15) is 15.1 Å². The predicted molar refractivity (Wildman–Crippen MR) is 77.0 cm³/mol. The van der Waals surface area contributed by atoms with Crippen LogP contribution >= 0.6 is 0 Å². The Morgan fingerprint density at radius 2 is 2.20 bits per heavy atom. The number of H-pyrrole nitrogens is 1. The molecule has 1 saturated heterocycles. The van der Waals surface area contributed by atoms with Gasteiger partial charge >= 0.3 is 0 Å². The maximum Gasteiger partial charge on any atom is 0.229 e. The fourth-order valence-electron chi connectivity index (χ4n) is 2.43. The molecule has 1 aliphatic rings. The number of fused-ring (bicyclic) bond motifs is 1. The van der Waals surface area contributed by atoms with Crippen LogP contribution in [0.1, 0.15) is 19.8 Å². The average Bonchev–Trinajstić information content (AvgIpc) is 3.09. The number of anilines is 1. The van der Waals surface area contributed by atoms with Crippen molar-refractivity contribution in [2.45, 2.75) is 19.8 Å². The first-order valence-corrected chi connectivity index (χ1v) is 7.17. The minimum Gasteiger partial charge on any atom is -0.476 e. The van der Waals surface area contributed by atoms with Crippen LogP contribution in [-0.4, -0.2) is 57.9 Å². The molecule has 0 aromatic carbocycles. The zero-order valence-corrected chi connectivity index (χ0v) is 11.7. The molecule has 7 nitrogen and oxygen atoms in total. The third kappa shape index (κ3) is 2.82. The molecule has 0 spiro atoms. The van der Waals surface area contributed by atoms with Gasteiger partial charge in [0.1, 0.15) is 12.0 Å². The van der Waals surface area contributed by atoms with Gasteiger partial charge in [0.2, 0.25) is 11.8 Å². The van der Waals surface area contributed by atoms with Gasteiger partial charge in [0.25, 0.3) is 0 Å². The Balaban J connectivity index is 1.69. The molecule has 3 rings (SSSR count). The number of nitrogens with zero attached hydrogens (tertiary/aromatic N) is 4. The molecule has 0 bridgehead atoms. The highest BCUT2D eigenvalue weighted by molar-refractivity contribution is 5.80.